The minimum absolute atomic E-state index is 0.295. The van der Waals surface area contributed by atoms with Crippen LogP contribution < -0.4 is 14.8 Å². The standard InChI is InChI=1S/C14H26N4O2/c1-5-8-9-11(6-2)10-20-14-17-12(15-4)16-13(18-14)19-7-3/h11H,5-10H2,1-4H3,(H,15,16,17,18). The Labute approximate surface area is 121 Å². The highest BCUT2D eigenvalue weighted by molar-refractivity contribution is 5.26. The maximum atomic E-state index is 5.70. The van der Waals surface area contributed by atoms with Crippen LogP contribution in [0.3, 0.4) is 0 Å². The maximum Gasteiger partial charge on any atom is 0.324 e. The van der Waals surface area contributed by atoms with Gasteiger partial charge in [-0.25, -0.2) is 0 Å². The second-order valence-corrected chi connectivity index (χ2v) is 4.63. The lowest BCUT2D eigenvalue weighted by Gasteiger charge is -2.15. The molecule has 0 saturated heterocycles. The number of unbranched alkanes of at least 4 members (excludes halogenated alkanes) is 1. The molecule has 1 aromatic heterocycles. The summed E-state index contributed by atoms with van der Waals surface area (Å²) in [5.74, 6) is 1.00. The molecular formula is C14H26N4O2. The number of hydrogen-bond acceptors (Lipinski definition) is 6. The zero-order chi connectivity index (χ0) is 14.8. The predicted molar refractivity (Wildman–Crippen MR) is 79.3 cm³/mol. The lowest BCUT2D eigenvalue weighted by atomic mass is 10.0. The van der Waals surface area contributed by atoms with Gasteiger partial charge in [-0.05, 0) is 19.3 Å². The van der Waals surface area contributed by atoms with Gasteiger partial charge in [-0.2, -0.15) is 9.97 Å². The Morgan fingerprint density at radius 3 is 2.30 bits per heavy atom. The third-order valence-electron chi connectivity index (χ3n) is 3.08. The van der Waals surface area contributed by atoms with E-state index in [4.69, 9.17) is 9.47 Å². The van der Waals surface area contributed by atoms with Crippen LogP contribution >= 0.6 is 0 Å². The Kier molecular flexibility index (Phi) is 7.69. The first-order valence-electron chi connectivity index (χ1n) is 7.42. The number of nitrogens with one attached hydrogen (secondary N) is 1. The summed E-state index contributed by atoms with van der Waals surface area (Å²) in [5, 5.41) is 2.88. The average molecular weight is 282 g/mol. The van der Waals surface area contributed by atoms with Gasteiger partial charge in [0.2, 0.25) is 5.95 Å². The largest absolute Gasteiger partial charge is 0.464 e. The molecule has 1 heterocycles. The third kappa shape index (κ3) is 5.59. The summed E-state index contributed by atoms with van der Waals surface area (Å²) in [4.78, 5) is 12.4. The van der Waals surface area contributed by atoms with Crippen molar-refractivity contribution in [2.45, 2.75) is 46.5 Å². The van der Waals surface area contributed by atoms with E-state index in [9.17, 15) is 0 Å². The van der Waals surface area contributed by atoms with Crippen molar-refractivity contribution in [3.63, 3.8) is 0 Å². The Morgan fingerprint density at radius 1 is 1.05 bits per heavy atom. The van der Waals surface area contributed by atoms with Gasteiger partial charge in [-0.1, -0.05) is 33.1 Å². The molecule has 0 saturated carbocycles. The maximum absolute atomic E-state index is 5.70. The fraction of sp³-hybridized carbons (Fsp3) is 0.786. The van der Waals surface area contributed by atoms with E-state index < -0.39 is 0 Å². The van der Waals surface area contributed by atoms with Gasteiger partial charge >= 0.3 is 12.0 Å². The molecule has 1 N–H and O–H groups in total. The molecule has 1 rings (SSSR count). The monoisotopic (exact) mass is 282 g/mol. The number of anilines is 1. The van der Waals surface area contributed by atoms with Crippen LogP contribution in [0.15, 0.2) is 0 Å². The van der Waals surface area contributed by atoms with E-state index in [0.717, 1.165) is 6.42 Å². The fourth-order valence-corrected chi connectivity index (χ4v) is 1.80. The Morgan fingerprint density at radius 2 is 1.75 bits per heavy atom. The molecule has 0 radical (unpaired) electrons. The van der Waals surface area contributed by atoms with Gasteiger partial charge in [0.25, 0.3) is 0 Å². The topological polar surface area (TPSA) is 69.2 Å². The summed E-state index contributed by atoms with van der Waals surface area (Å²) in [5.41, 5.74) is 0. The molecule has 6 nitrogen and oxygen atoms in total. The summed E-state index contributed by atoms with van der Waals surface area (Å²) >= 11 is 0. The van der Waals surface area contributed by atoms with E-state index in [0.29, 0.717) is 37.1 Å². The Balaban J connectivity index is 2.63. The van der Waals surface area contributed by atoms with Crippen molar-refractivity contribution < 1.29 is 9.47 Å². The van der Waals surface area contributed by atoms with Crippen molar-refractivity contribution in [1.82, 2.24) is 15.0 Å². The van der Waals surface area contributed by atoms with Crippen LogP contribution in [-0.4, -0.2) is 35.2 Å². The quantitative estimate of drug-likeness (QED) is 0.711. The lowest BCUT2D eigenvalue weighted by molar-refractivity contribution is 0.212. The molecular weight excluding hydrogens is 256 g/mol. The molecule has 6 heteroatoms. The highest BCUT2D eigenvalue weighted by Crippen LogP contribution is 2.16. The molecule has 20 heavy (non-hydrogen) atoms. The SMILES string of the molecule is CCCCC(CC)COc1nc(NC)nc(OCC)n1. The summed E-state index contributed by atoms with van der Waals surface area (Å²) in [6.07, 6.45) is 4.71. The van der Waals surface area contributed by atoms with E-state index in [1.54, 1.807) is 7.05 Å². The van der Waals surface area contributed by atoms with Crippen LogP contribution in [0.25, 0.3) is 0 Å². The molecule has 0 aliphatic carbocycles. The van der Waals surface area contributed by atoms with Gasteiger partial charge in [0.05, 0.1) is 13.2 Å². The van der Waals surface area contributed by atoms with Crippen molar-refractivity contribution in [2.24, 2.45) is 5.92 Å². The second kappa shape index (κ2) is 9.34. The molecule has 0 bridgehead atoms. The van der Waals surface area contributed by atoms with Crippen molar-refractivity contribution in [3.8, 4) is 12.0 Å². The lowest BCUT2D eigenvalue weighted by Crippen LogP contribution is -2.14. The first kappa shape index (κ1) is 16.5. The number of aromatic nitrogens is 3. The molecule has 0 aliphatic heterocycles. The average Bonchev–Trinajstić information content (AvgIpc) is 2.47. The van der Waals surface area contributed by atoms with Crippen LogP contribution in [0, 0.1) is 5.92 Å². The number of rotatable bonds is 10. The summed E-state index contributed by atoms with van der Waals surface area (Å²) in [6.45, 7) is 7.42. The van der Waals surface area contributed by atoms with Crippen LogP contribution in [0.2, 0.25) is 0 Å². The van der Waals surface area contributed by atoms with Gasteiger partial charge < -0.3 is 14.8 Å². The zero-order valence-corrected chi connectivity index (χ0v) is 13.0. The molecule has 0 amide bonds. The van der Waals surface area contributed by atoms with E-state index in [-0.39, 0.29) is 0 Å². The van der Waals surface area contributed by atoms with Gasteiger partial charge in [-0.15, -0.1) is 4.98 Å². The fourth-order valence-electron chi connectivity index (χ4n) is 1.80. The molecule has 0 fully saturated rings. The zero-order valence-electron chi connectivity index (χ0n) is 13.0. The Hall–Kier alpha value is -1.59. The van der Waals surface area contributed by atoms with Crippen LogP contribution in [0.5, 0.6) is 12.0 Å². The highest BCUT2D eigenvalue weighted by Gasteiger charge is 2.11. The van der Waals surface area contributed by atoms with E-state index in [1.165, 1.54) is 19.3 Å². The molecule has 1 aromatic rings. The summed E-state index contributed by atoms with van der Waals surface area (Å²) in [6, 6.07) is 0.617. The first-order valence-corrected chi connectivity index (χ1v) is 7.42. The molecule has 0 aliphatic rings. The van der Waals surface area contributed by atoms with Crippen molar-refractivity contribution >= 4 is 5.95 Å². The van der Waals surface area contributed by atoms with Crippen molar-refractivity contribution in [2.75, 3.05) is 25.6 Å². The normalized spacial score (nSPS) is 12.0. The van der Waals surface area contributed by atoms with Crippen molar-refractivity contribution in [3.05, 3.63) is 0 Å². The van der Waals surface area contributed by atoms with Gasteiger partial charge in [0.15, 0.2) is 0 Å². The van der Waals surface area contributed by atoms with Crippen molar-refractivity contribution in [1.29, 1.82) is 0 Å². The van der Waals surface area contributed by atoms with Gasteiger partial charge in [-0.3, -0.25) is 0 Å². The van der Waals surface area contributed by atoms with Crippen LogP contribution in [0.1, 0.15) is 46.5 Å². The molecule has 1 unspecified atom stereocenters. The third-order valence-corrected chi connectivity index (χ3v) is 3.08. The first-order chi connectivity index (χ1) is 9.73. The minimum atomic E-state index is 0.295. The van der Waals surface area contributed by atoms with Crippen LogP contribution in [-0.2, 0) is 0 Å². The molecule has 114 valence electrons. The van der Waals surface area contributed by atoms with Gasteiger partial charge in [0, 0.05) is 7.05 Å². The van der Waals surface area contributed by atoms with Crippen LogP contribution in [0.4, 0.5) is 5.95 Å². The number of nitrogens with zero attached hydrogens (tertiary/aromatic N) is 3. The number of ether oxygens (including phenoxy) is 2. The molecule has 1 atom stereocenters. The Bertz CT molecular complexity index is 387. The second-order valence-electron chi connectivity index (χ2n) is 4.63. The highest BCUT2D eigenvalue weighted by atomic mass is 16.5. The molecule has 0 aromatic carbocycles. The number of hydrogen-bond donors (Lipinski definition) is 1. The summed E-state index contributed by atoms with van der Waals surface area (Å²) in [7, 11) is 1.75. The van der Waals surface area contributed by atoms with E-state index in [2.05, 4.69) is 34.1 Å². The van der Waals surface area contributed by atoms with Gasteiger partial charge in [0.1, 0.15) is 0 Å². The molecule has 0 spiro atoms. The van der Waals surface area contributed by atoms with E-state index in [1.807, 2.05) is 6.92 Å². The predicted octanol–water partition coefficient (Wildman–Crippen LogP) is 2.91. The minimum Gasteiger partial charge on any atom is -0.464 e. The smallest absolute Gasteiger partial charge is 0.324 e. The summed E-state index contributed by atoms with van der Waals surface area (Å²) < 4.78 is 11.0. The van der Waals surface area contributed by atoms with E-state index >= 15 is 0 Å².